The predicted octanol–water partition coefficient (Wildman–Crippen LogP) is 5.39. The molecule has 1 atom stereocenters. The zero-order chi connectivity index (χ0) is 22.5. The van der Waals surface area contributed by atoms with E-state index in [1.54, 1.807) is 32.0 Å². The number of ether oxygens (including phenoxy) is 2. The topological polar surface area (TPSA) is 65.9 Å². The van der Waals surface area contributed by atoms with Crippen LogP contribution in [0.3, 0.4) is 0 Å². The minimum atomic E-state index is -4.81. The van der Waals surface area contributed by atoms with Crippen LogP contribution in [-0.2, 0) is 0 Å². The lowest BCUT2D eigenvalue weighted by Crippen LogP contribution is -2.40. The number of benzene rings is 2. The SMILES string of the molecule is [C-]#[N+]c1ccc(OCC(C)(CC(=O)c2ccc(OC(F)(F)F)cc2)C(N)=S)c(C)c1. The lowest BCUT2D eigenvalue weighted by atomic mass is 9.84. The van der Waals surface area contributed by atoms with Crippen molar-refractivity contribution >= 4 is 28.7 Å². The van der Waals surface area contributed by atoms with Crippen LogP contribution in [0.15, 0.2) is 42.5 Å². The van der Waals surface area contributed by atoms with E-state index in [0.717, 1.165) is 17.7 Å². The van der Waals surface area contributed by atoms with Gasteiger partial charge >= 0.3 is 6.36 Å². The lowest BCUT2D eigenvalue weighted by Gasteiger charge is -2.28. The number of nitrogens with zero attached hydrogens (tertiary/aromatic N) is 1. The summed E-state index contributed by atoms with van der Waals surface area (Å²) >= 11 is 5.13. The van der Waals surface area contributed by atoms with Crippen LogP contribution in [0.1, 0.15) is 29.3 Å². The van der Waals surface area contributed by atoms with E-state index in [4.69, 9.17) is 29.3 Å². The number of hydrogen-bond donors (Lipinski definition) is 1. The van der Waals surface area contributed by atoms with Gasteiger partial charge in [-0.15, -0.1) is 13.2 Å². The van der Waals surface area contributed by atoms with Crippen molar-refractivity contribution in [3.05, 3.63) is 65.0 Å². The van der Waals surface area contributed by atoms with Gasteiger partial charge in [0, 0.05) is 12.0 Å². The van der Waals surface area contributed by atoms with Crippen molar-refractivity contribution in [2.75, 3.05) is 6.61 Å². The molecule has 0 aromatic heterocycles. The Morgan fingerprint density at radius 2 is 1.83 bits per heavy atom. The first kappa shape index (κ1) is 23.2. The van der Waals surface area contributed by atoms with E-state index in [1.807, 2.05) is 0 Å². The minimum absolute atomic E-state index is 0.0154. The van der Waals surface area contributed by atoms with Crippen molar-refractivity contribution in [3.8, 4) is 11.5 Å². The Hall–Kier alpha value is -3.12. The maximum atomic E-state index is 12.7. The first-order chi connectivity index (χ1) is 13.9. The summed E-state index contributed by atoms with van der Waals surface area (Å²) in [4.78, 5) is 16.1. The van der Waals surface area contributed by atoms with Crippen LogP contribution >= 0.6 is 12.2 Å². The Morgan fingerprint density at radius 3 is 2.33 bits per heavy atom. The maximum absolute atomic E-state index is 12.7. The Balaban J connectivity index is 2.11. The van der Waals surface area contributed by atoms with E-state index >= 15 is 0 Å². The Kier molecular flexibility index (Phi) is 7.05. The van der Waals surface area contributed by atoms with Gasteiger partial charge in [-0.2, -0.15) is 0 Å². The third-order valence-electron chi connectivity index (χ3n) is 4.39. The van der Waals surface area contributed by atoms with Gasteiger partial charge in [-0.05, 0) is 55.8 Å². The van der Waals surface area contributed by atoms with Gasteiger partial charge in [0.05, 0.1) is 17.0 Å². The average molecular weight is 436 g/mol. The van der Waals surface area contributed by atoms with E-state index in [1.165, 1.54) is 12.1 Å². The average Bonchev–Trinajstić information content (AvgIpc) is 2.66. The number of thiocarbonyl (C=S) groups is 1. The number of nitrogens with two attached hydrogens (primary N) is 1. The molecule has 0 aliphatic carbocycles. The van der Waals surface area contributed by atoms with Gasteiger partial charge in [-0.25, -0.2) is 4.85 Å². The summed E-state index contributed by atoms with van der Waals surface area (Å²) in [5, 5.41) is 0. The van der Waals surface area contributed by atoms with Crippen LogP contribution in [0.5, 0.6) is 11.5 Å². The van der Waals surface area contributed by atoms with Gasteiger partial charge in [0.2, 0.25) is 0 Å². The zero-order valence-corrected chi connectivity index (χ0v) is 17.1. The first-order valence-electron chi connectivity index (χ1n) is 8.73. The summed E-state index contributed by atoms with van der Waals surface area (Å²) in [6.07, 6.45) is -4.90. The summed E-state index contributed by atoms with van der Waals surface area (Å²) in [5.74, 6) is -0.240. The van der Waals surface area contributed by atoms with Crippen LogP contribution in [0.4, 0.5) is 18.9 Å². The molecule has 2 rings (SSSR count). The summed E-state index contributed by atoms with van der Waals surface area (Å²) in [7, 11) is 0. The molecular formula is C21H19F3N2O3S. The summed E-state index contributed by atoms with van der Waals surface area (Å²) in [5.41, 5.74) is 6.29. The van der Waals surface area contributed by atoms with Crippen molar-refractivity contribution in [2.24, 2.45) is 11.1 Å². The molecule has 2 N–H and O–H groups in total. The molecule has 2 aromatic carbocycles. The molecule has 0 aliphatic heterocycles. The zero-order valence-electron chi connectivity index (χ0n) is 16.2. The number of ketones is 1. The van der Waals surface area contributed by atoms with Gasteiger partial charge in [0.25, 0.3) is 0 Å². The number of halogens is 3. The van der Waals surface area contributed by atoms with Gasteiger partial charge in [0.15, 0.2) is 11.5 Å². The molecule has 9 heteroatoms. The molecule has 0 aliphatic rings. The fourth-order valence-corrected chi connectivity index (χ4v) is 2.74. The molecule has 5 nitrogen and oxygen atoms in total. The highest BCUT2D eigenvalue weighted by Crippen LogP contribution is 2.30. The number of aryl methyl sites for hydroxylation is 1. The summed E-state index contributed by atoms with van der Waals surface area (Å²) in [6, 6.07) is 9.58. The maximum Gasteiger partial charge on any atom is 0.573 e. The molecule has 158 valence electrons. The molecule has 0 heterocycles. The molecule has 2 aromatic rings. The minimum Gasteiger partial charge on any atom is -0.492 e. The summed E-state index contributed by atoms with van der Waals surface area (Å²) in [6.45, 7) is 10.5. The normalized spacial score (nSPS) is 13.1. The van der Waals surface area contributed by atoms with Gasteiger partial charge < -0.3 is 15.2 Å². The number of carbonyl (C=O) groups excluding carboxylic acids is 1. The van der Waals surface area contributed by atoms with Gasteiger partial charge in [0.1, 0.15) is 18.1 Å². The number of alkyl halides is 3. The second kappa shape index (κ2) is 9.13. The van der Waals surface area contributed by atoms with Crippen LogP contribution < -0.4 is 15.2 Å². The first-order valence-corrected chi connectivity index (χ1v) is 9.14. The smallest absolute Gasteiger partial charge is 0.492 e. The van der Waals surface area contributed by atoms with Crippen molar-refractivity contribution in [2.45, 2.75) is 26.6 Å². The lowest BCUT2D eigenvalue weighted by molar-refractivity contribution is -0.274. The highest BCUT2D eigenvalue weighted by Gasteiger charge is 2.33. The monoisotopic (exact) mass is 436 g/mol. The molecule has 0 saturated carbocycles. The largest absolute Gasteiger partial charge is 0.573 e. The molecular weight excluding hydrogens is 417 g/mol. The molecule has 0 fully saturated rings. The quantitative estimate of drug-likeness (QED) is 0.342. The third-order valence-corrected chi connectivity index (χ3v) is 4.88. The third kappa shape index (κ3) is 6.19. The number of hydrogen-bond acceptors (Lipinski definition) is 4. The summed E-state index contributed by atoms with van der Waals surface area (Å²) < 4.78 is 46.4. The second-order valence-electron chi connectivity index (χ2n) is 6.95. The van der Waals surface area contributed by atoms with Crippen molar-refractivity contribution in [1.82, 2.24) is 0 Å². The molecule has 30 heavy (non-hydrogen) atoms. The van der Waals surface area contributed by atoms with E-state index < -0.39 is 17.5 Å². The molecule has 1 unspecified atom stereocenters. The second-order valence-corrected chi connectivity index (χ2v) is 7.39. The fourth-order valence-electron chi connectivity index (χ4n) is 2.61. The molecule has 0 bridgehead atoms. The number of Topliss-reactive ketones (excluding diaryl/α,β-unsaturated/α-hetero) is 1. The van der Waals surface area contributed by atoms with Gasteiger partial charge in [-0.1, -0.05) is 18.3 Å². The van der Waals surface area contributed by atoms with Crippen LogP contribution in [0.25, 0.3) is 4.85 Å². The highest BCUT2D eigenvalue weighted by molar-refractivity contribution is 7.80. The van der Waals surface area contributed by atoms with E-state index in [0.29, 0.717) is 11.4 Å². The molecule has 0 spiro atoms. The number of carbonyl (C=O) groups is 1. The van der Waals surface area contributed by atoms with Crippen LogP contribution in [0, 0.1) is 18.9 Å². The molecule has 0 amide bonds. The van der Waals surface area contributed by atoms with E-state index in [2.05, 4.69) is 9.58 Å². The fraction of sp³-hybridized carbons (Fsp3) is 0.286. The van der Waals surface area contributed by atoms with Crippen molar-refractivity contribution in [1.29, 1.82) is 0 Å². The van der Waals surface area contributed by atoms with E-state index in [-0.39, 0.29) is 29.4 Å². The van der Waals surface area contributed by atoms with Gasteiger partial charge in [-0.3, -0.25) is 4.79 Å². The molecule has 0 radical (unpaired) electrons. The van der Waals surface area contributed by atoms with Crippen LogP contribution in [0.2, 0.25) is 0 Å². The highest BCUT2D eigenvalue weighted by atomic mass is 32.1. The number of rotatable bonds is 8. The van der Waals surface area contributed by atoms with E-state index in [9.17, 15) is 18.0 Å². The predicted molar refractivity (Wildman–Crippen MR) is 110 cm³/mol. The Bertz CT molecular complexity index is 984. The van der Waals surface area contributed by atoms with Crippen molar-refractivity contribution in [3.63, 3.8) is 0 Å². The van der Waals surface area contributed by atoms with Crippen molar-refractivity contribution < 1.29 is 27.4 Å². The standard InChI is InChI=1S/C21H19F3N2O3S/c1-13-10-15(26-3)6-9-18(13)28-12-20(2,19(25)30)11-17(27)14-4-7-16(8-5-14)29-21(22,23)24/h4-10H,11-12H2,1-2H3,(H2,25,30). The Morgan fingerprint density at radius 1 is 1.20 bits per heavy atom. The Labute approximate surface area is 177 Å². The molecule has 0 saturated heterocycles. The van der Waals surface area contributed by atoms with Crippen LogP contribution in [-0.4, -0.2) is 23.7 Å².